The summed E-state index contributed by atoms with van der Waals surface area (Å²) in [5, 5.41) is 24.5. The second-order valence-corrected chi connectivity index (χ2v) is 16.8. The number of carbonyl (C=O) groups excluding carboxylic acids is 1. The van der Waals surface area contributed by atoms with E-state index in [1.165, 1.54) is 12.3 Å². The number of urea groups is 1. The second-order valence-electron chi connectivity index (χ2n) is 10.2. The van der Waals surface area contributed by atoms with Crippen molar-refractivity contribution in [2.45, 2.75) is 43.9 Å². The van der Waals surface area contributed by atoms with Crippen molar-refractivity contribution < 1.29 is 79.8 Å². The predicted molar refractivity (Wildman–Crippen MR) is 154 cm³/mol. The number of nitrogens with zero attached hydrogens (tertiary/aromatic N) is 1. The smallest absolute Gasteiger partial charge is 0.471 e. The molecule has 5 rings (SSSR count). The summed E-state index contributed by atoms with van der Waals surface area (Å²) < 4.78 is 77.2. The van der Waals surface area contributed by atoms with E-state index in [0.29, 0.717) is 22.1 Å². The first-order valence-electron chi connectivity index (χ1n) is 13.1. The van der Waals surface area contributed by atoms with Gasteiger partial charge in [-0.2, -0.15) is 8.62 Å². The van der Waals surface area contributed by atoms with Gasteiger partial charge in [-0.15, -0.1) is 0 Å². The molecule has 3 aliphatic rings. The zero-order valence-electron chi connectivity index (χ0n) is 23.4. The van der Waals surface area contributed by atoms with Crippen LogP contribution in [0.1, 0.15) is 12.5 Å². The van der Waals surface area contributed by atoms with E-state index >= 15 is 0 Å². The molecule has 3 aliphatic heterocycles. The van der Waals surface area contributed by atoms with Crippen LogP contribution >= 0.6 is 31.1 Å². The minimum absolute atomic E-state index is 0.227. The molecule has 0 aliphatic carbocycles. The van der Waals surface area contributed by atoms with E-state index in [0.717, 1.165) is 4.90 Å². The molecule has 1 fully saturated rings. The normalized spacial score (nSPS) is 29.8. The van der Waals surface area contributed by atoms with Crippen LogP contribution in [0.4, 0.5) is 4.79 Å². The minimum Gasteiger partial charge on any atom is -0.471 e. The number of nitrogens with one attached hydrogen (secondary N) is 1. The van der Waals surface area contributed by atoms with E-state index in [-0.39, 0.29) is 5.56 Å². The second kappa shape index (κ2) is 13.0. The van der Waals surface area contributed by atoms with Gasteiger partial charge in [-0.05, 0) is 29.3 Å². The van der Waals surface area contributed by atoms with E-state index in [4.69, 9.17) is 9.47 Å². The molecule has 6 unspecified atom stereocenters. The van der Waals surface area contributed by atoms with Gasteiger partial charge in [0.25, 0.3) is 0 Å². The lowest BCUT2D eigenvalue weighted by molar-refractivity contribution is -0.0675. The fraction of sp³-hybridized carbons (Fsp3) is 0.348. The Morgan fingerprint density at radius 2 is 1.54 bits per heavy atom. The van der Waals surface area contributed by atoms with Gasteiger partial charge in [0.1, 0.15) is 18.3 Å². The Hall–Kier alpha value is -2.27. The van der Waals surface area contributed by atoms with Crippen molar-refractivity contribution in [2.75, 3.05) is 6.61 Å². The molecule has 0 radical (unpaired) electrons. The SMILES string of the molecule is CC1=CC2=CN([C@@H]3O[C@H](COP(=O)(O)OP(=O)(O)OP(=O)(O)OP(=O)(O)Cc4cccc5ccccc45)C(O)[C@@H]3O)C(=O)NC2O1. The molecular formula is C23H28N2O17P4. The quantitative estimate of drug-likeness (QED) is 0.155. The van der Waals surface area contributed by atoms with Gasteiger partial charge < -0.3 is 39.3 Å². The fourth-order valence-electron chi connectivity index (χ4n) is 4.83. The maximum absolute atomic E-state index is 12.6. The van der Waals surface area contributed by atoms with Gasteiger partial charge in [-0.1, -0.05) is 42.5 Å². The first kappa shape index (κ1) is 35.0. The Labute approximate surface area is 259 Å². The van der Waals surface area contributed by atoms with Crippen molar-refractivity contribution in [2.24, 2.45) is 0 Å². The summed E-state index contributed by atoms with van der Waals surface area (Å²) in [6.45, 7) is 0.563. The van der Waals surface area contributed by atoms with Crippen molar-refractivity contribution in [3.05, 3.63) is 71.6 Å². The zero-order chi connectivity index (χ0) is 33.7. The molecule has 0 spiro atoms. The Bertz CT molecular complexity index is 1780. The number of benzene rings is 2. The van der Waals surface area contributed by atoms with E-state index in [2.05, 4.69) is 22.8 Å². The first-order chi connectivity index (χ1) is 21.3. The molecule has 0 saturated carbocycles. The van der Waals surface area contributed by atoms with Gasteiger partial charge in [0, 0.05) is 11.8 Å². The van der Waals surface area contributed by atoms with Crippen molar-refractivity contribution in [3.63, 3.8) is 0 Å². The Morgan fingerprint density at radius 1 is 0.891 bits per heavy atom. The topological polar surface area (TPSA) is 277 Å². The highest BCUT2D eigenvalue weighted by atomic mass is 31.3. The molecule has 2 aromatic carbocycles. The van der Waals surface area contributed by atoms with Gasteiger partial charge in [-0.25, -0.2) is 22.8 Å². The standard InChI is InChI=1S/C23H28N2O17P4/c1-13-9-16-10-25(23(28)24-21(16)38-13)22-20(27)19(26)18(39-22)11-37-44(31,32)41-46(35,36)42-45(33,34)40-43(29,30)12-15-7-4-6-14-5-2-3-8-17(14)15/h2-10,18-22,26-27H,11-12H2,1H3,(H,24,28)(H,29,30)(H,31,32)(H,33,34)(H,35,36)/t18-,19?,20+,21?,22-/m1/s1. The average molecular weight is 728 g/mol. The zero-order valence-corrected chi connectivity index (χ0v) is 27.0. The fourth-order valence-corrected chi connectivity index (χ4v) is 10.4. The highest BCUT2D eigenvalue weighted by Crippen LogP contribution is 2.71. The molecule has 9 atom stereocenters. The molecule has 19 nitrogen and oxygen atoms in total. The number of aliphatic hydroxyl groups is 2. The van der Waals surface area contributed by atoms with E-state index in [1.54, 1.807) is 49.4 Å². The molecule has 23 heteroatoms. The Kier molecular flexibility index (Phi) is 9.89. The molecule has 3 heterocycles. The molecule has 252 valence electrons. The van der Waals surface area contributed by atoms with Crippen molar-refractivity contribution in [1.29, 1.82) is 0 Å². The lowest BCUT2D eigenvalue weighted by Crippen LogP contribution is -2.54. The van der Waals surface area contributed by atoms with Gasteiger partial charge in [0.05, 0.1) is 18.5 Å². The third-order valence-corrected chi connectivity index (χ3v) is 13.0. The molecule has 46 heavy (non-hydrogen) atoms. The summed E-state index contributed by atoms with van der Waals surface area (Å²) in [6.07, 6.45) is -5.38. The number of amides is 2. The van der Waals surface area contributed by atoms with Gasteiger partial charge in [-0.3, -0.25) is 19.3 Å². The van der Waals surface area contributed by atoms with Crippen molar-refractivity contribution >= 4 is 47.9 Å². The number of rotatable bonds is 12. The average Bonchev–Trinajstić information content (AvgIpc) is 3.42. The van der Waals surface area contributed by atoms with E-state index in [9.17, 15) is 52.8 Å². The largest absolute Gasteiger partial charge is 0.490 e. The van der Waals surface area contributed by atoms with Crippen LogP contribution in [0.3, 0.4) is 0 Å². The third kappa shape index (κ3) is 8.23. The van der Waals surface area contributed by atoms with Crippen LogP contribution in [0.15, 0.2) is 66.1 Å². The highest BCUT2D eigenvalue weighted by molar-refractivity contribution is 7.70. The number of ether oxygens (including phenoxy) is 2. The number of hydrogen-bond acceptors (Lipinski definition) is 13. The molecule has 2 amide bonds. The lowest BCUT2D eigenvalue weighted by atomic mass is 10.1. The van der Waals surface area contributed by atoms with Gasteiger partial charge in [0.15, 0.2) is 6.23 Å². The number of allylic oxidation sites excluding steroid dienone is 1. The summed E-state index contributed by atoms with van der Waals surface area (Å²) in [4.78, 5) is 53.3. The number of phosphoric ester groups is 1. The summed E-state index contributed by atoms with van der Waals surface area (Å²) in [5.74, 6) is 0.497. The van der Waals surface area contributed by atoms with Crippen LogP contribution < -0.4 is 5.32 Å². The first-order valence-corrected chi connectivity index (χ1v) is 19.3. The molecule has 7 N–H and O–H groups in total. The Balaban J connectivity index is 1.17. The number of fused-ring (bicyclic) bond motifs is 2. The Morgan fingerprint density at radius 3 is 2.28 bits per heavy atom. The third-order valence-electron chi connectivity index (χ3n) is 6.66. The monoisotopic (exact) mass is 728 g/mol. The minimum atomic E-state index is -6.04. The molecule has 0 aromatic heterocycles. The van der Waals surface area contributed by atoms with Crippen LogP contribution in [0.2, 0.25) is 0 Å². The predicted octanol–water partition coefficient (Wildman–Crippen LogP) is 2.51. The van der Waals surface area contributed by atoms with Gasteiger partial charge in [0.2, 0.25) is 6.23 Å². The lowest BCUT2D eigenvalue weighted by Gasteiger charge is -2.33. The summed E-state index contributed by atoms with van der Waals surface area (Å²) >= 11 is 0. The molecule has 1 saturated heterocycles. The number of hydrogen-bond donors (Lipinski definition) is 7. The van der Waals surface area contributed by atoms with Crippen LogP contribution in [0.5, 0.6) is 0 Å². The molecule has 2 aromatic rings. The van der Waals surface area contributed by atoms with Crippen LogP contribution in [-0.2, 0) is 51.4 Å². The van der Waals surface area contributed by atoms with E-state index < -0.39 is 80.6 Å². The number of phosphoric acid groups is 3. The summed E-state index contributed by atoms with van der Waals surface area (Å²) in [6, 6.07) is 10.6. The number of carbonyl (C=O) groups is 1. The molecular weight excluding hydrogens is 700 g/mol. The van der Waals surface area contributed by atoms with E-state index in [1.807, 2.05) is 0 Å². The van der Waals surface area contributed by atoms with Crippen LogP contribution in [-0.4, -0.2) is 78.1 Å². The maximum atomic E-state index is 12.6. The van der Waals surface area contributed by atoms with Crippen molar-refractivity contribution in [3.8, 4) is 0 Å². The summed E-state index contributed by atoms with van der Waals surface area (Å²) in [5.41, 5.74) is 0.718. The summed E-state index contributed by atoms with van der Waals surface area (Å²) in [7, 11) is -22.7. The van der Waals surface area contributed by atoms with Gasteiger partial charge >= 0.3 is 37.1 Å². The van der Waals surface area contributed by atoms with Crippen LogP contribution in [0, 0.1) is 0 Å². The highest BCUT2D eigenvalue weighted by Gasteiger charge is 2.50. The van der Waals surface area contributed by atoms with Crippen molar-refractivity contribution in [1.82, 2.24) is 10.2 Å². The van der Waals surface area contributed by atoms with Crippen LogP contribution in [0.25, 0.3) is 10.8 Å². The molecule has 0 bridgehead atoms. The maximum Gasteiger partial charge on any atom is 0.490 e. The number of aliphatic hydroxyl groups excluding tert-OH is 2.